The van der Waals surface area contributed by atoms with E-state index in [0.717, 1.165) is 17.0 Å². The topological polar surface area (TPSA) is 75.9 Å². The van der Waals surface area contributed by atoms with Crippen molar-refractivity contribution in [3.63, 3.8) is 0 Å². The van der Waals surface area contributed by atoms with E-state index in [4.69, 9.17) is 4.74 Å². The minimum absolute atomic E-state index is 0.00189. The molecule has 1 aliphatic heterocycles. The highest BCUT2D eigenvalue weighted by atomic mass is 16.6. The molecule has 3 aromatic carbocycles. The van der Waals surface area contributed by atoms with Crippen LogP contribution in [0.1, 0.15) is 15.9 Å². The van der Waals surface area contributed by atoms with Gasteiger partial charge in [0.25, 0.3) is 11.6 Å². The summed E-state index contributed by atoms with van der Waals surface area (Å²) >= 11 is 0. The van der Waals surface area contributed by atoms with Crippen molar-refractivity contribution in [2.45, 2.75) is 6.61 Å². The number of nitro benzene ring substituents is 1. The molecule has 1 amide bonds. The average molecular weight is 417 g/mol. The van der Waals surface area contributed by atoms with Crippen LogP contribution < -0.4 is 9.64 Å². The molecule has 1 saturated heterocycles. The molecule has 158 valence electrons. The van der Waals surface area contributed by atoms with Gasteiger partial charge in [0.15, 0.2) is 0 Å². The fraction of sp³-hybridized carbons (Fsp3) is 0.208. The number of anilines is 1. The summed E-state index contributed by atoms with van der Waals surface area (Å²) in [6.07, 6.45) is 0. The maximum absolute atomic E-state index is 12.8. The Kier molecular flexibility index (Phi) is 6.12. The van der Waals surface area contributed by atoms with Crippen LogP contribution in [-0.4, -0.2) is 41.9 Å². The Morgan fingerprint density at radius 2 is 1.52 bits per heavy atom. The van der Waals surface area contributed by atoms with Crippen LogP contribution in [0.25, 0.3) is 0 Å². The number of piperazine rings is 1. The number of nitrogens with zero attached hydrogens (tertiary/aromatic N) is 3. The molecule has 0 spiro atoms. The van der Waals surface area contributed by atoms with Crippen molar-refractivity contribution in [1.82, 2.24) is 4.90 Å². The monoisotopic (exact) mass is 417 g/mol. The van der Waals surface area contributed by atoms with Gasteiger partial charge in [-0.1, -0.05) is 30.3 Å². The first-order valence-corrected chi connectivity index (χ1v) is 10.2. The Morgan fingerprint density at radius 3 is 2.13 bits per heavy atom. The van der Waals surface area contributed by atoms with E-state index in [2.05, 4.69) is 4.90 Å². The molecule has 0 bridgehead atoms. The maximum Gasteiger partial charge on any atom is 0.269 e. The lowest BCUT2D eigenvalue weighted by molar-refractivity contribution is -0.384. The predicted octanol–water partition coefficient (Wildman–Crippen LogP) is 4.14. The highest BCUT2D eigenvalue weighted by molar-refractivity contribution is 5.94. The van der Waals surface area contributed by atoms with Gasteiger partial charge in [0, 0.05) is 49.6 Å². The second-order valence-electron chi connectivity index (χ2n) is 7.35. The first-order valence-electron chi connectivity index (χ1n) is 10.2. The number of nitro groups is 1. The Balaban J connectivity index is 1.30. The number of rotatable bonds is 6. The summed E-state index contributed by atoms with van der Waals surface area (Å²) in [5, 5.41) is 10.8. The van der Waals surface area contributed by atoms with Gasteiger partial charge in [0.1, 0.15) is 12.4 Å². The zero-order chi connectivity index (χ0) is 21.6. The molecule has 1 aliphatic rings. The zero-order valence-corrected chi connectivity index (χ0v) is 17.0. The van der Waals surface area contributed by atoms with Gasteiger partial charge >= 0.3 is 0 Å². The summed E-state index contributed by atoms with van der Waals surface area (Å²) in [7, 11) is 0. The van der Waals surface area contributed by atoms with E-state index in [-0.39, 0.29) is 11.6 Å². The van der Waals surface area contributed by atoms with Crippen molar-refractivity contribution in [3.05, 3.63) is 100 Å². The summed E-state index contributed by atoms with van der Waals surface area (Å²) in [6, 6.07) is 23.7. The van der Waals surface area contributed by atoms with E-state index in [1.54, 1.807) is 24.3 Å². The SMILES string of the molecule is O=C(c1ccc(OCc2ccccc2)cc1)N1CCN(c2ccc([N+](=O)[O-])cc2)CC1. The van der Waals surface area contributed by atoms with Crippen molar-refractivity contribution in [2.24, 2.45) is 0 Å². The second kappa shape index (κ2) is 9.30. The van der Waals surface area contributed by atoms with Crippen molar-refractivity contribution >= 4 is 17.3 Å². The van der Waals surface area contributed by atoms with E-state index in [1.807, 2.05) is 47.4 Å². The smallest absolute Gasteiger partial charge is 0.269 e. The van der Waals surface area contributed by atoms with Crippen molar-refractivity contribution < 1.29 is 14.5 Å². The summed E-state index contributed by atoms with van der Waals surface area (Å²) in [5.41, 5.74) is 2.73. The largest absolute Gasteiger partial charge is 0.489 e. The highest BCUT2D eigenvalue weighted by Crippen LogP contribution is 2.22. The Bertz CT molecular complexity index is 1030. The number of hydrogen-bond acceptors (Lipinski definition) is 5. The number of carbonyl (C=O) groups excluding carboxylic acids is 1. The summed E-state index contributed by atoms with van der Waals surface area (Å²) < 4.78 is 5.78. The molecule has 0 saturated carbocycles. The van der Waals surface area contributed by atoms with Gasteiger partial charge in [-0.25, -0.2) is 0 Å². The van der Waals surface area contributed by atoms with E-state index in [0.29, 0.717) is 38.3 Å². The molecular formula is C24H23N3O4. The quantitative estimate of drug-likeness (QED) is 0.445. The van der Waals surface area contributed by atoms with Crippen molar-refractivity contribution in [1.29, 1.82) is 0 Å². The molecule has 0 aliphatic carbocycles. The third-order valence-electron chi connectivity index (χ3n) is 5.34. The number of carbonyl (C=O) groups is 1. The number of non-ortho nitro benzene ring substituents is 1. The van der Waals surface area contributed by atoms with Crippen LogP contribution in [-0.2, 0) is 6.61 Å². The lowest BCUT2D eigenvalue weighted by atomic mass is 10.1. The molecule has 7 nitrogen and oxygen atoms in total. The molecule has 0 radical (unpaired) electrons. The van der Waals surface area contributed by atoms with E-state index in [1.165, 1.54) is 12.1 Å². The molecule has 0 aromatic heterocycles. The summed E-state index contributed by atoms with van der Waals surface area (Å²) in [5.74, 6) is 0.723. The van der Waals surface area contributed by atoms with Crippen LogP contribution >= 0.6 is 0 Å². The second-order valence-corrected chi connectivity index (χ2v) is 7.35. The molecule has 7 heteroatoms. The van der Waals surface area contributed by atoms with E-state index >= 15 is 0 Å². The van der Waals surface area contributed by atoms with Gasteiger partial charge in [-0.15, -0.1) is 0 Å². The van der Waals surface area contributed by atoms with Gasteiger partial charge in [0.05, 0.1) is 4.92 Å². The lowest BCUT2D eigenvalue weighted by Crippen LogP contribution is -2.48. The average Bonchev–Trinajstić information content (AvgIpc) is 2.83. The Morgan fingerprint density at radius 1 is 0.871 bits per heavy atom. The minimum atomic E-state index is -0.404. The van der Waals surface area contributed by atoms with Gasteiger partial charge in [0.2, 0.25) is 0 Å². The number of benzene rings is 3. The fourth-order valence-corrected chi connectivity index (χ4v) is 3.57. The van der Waals surface area contributed by atoms with Gasteiger partial charge in [-0.3, -0.25) is 14.9 Å². The van der Waals surface area contributed by atoms with Crippen molar-refractivity contribution in [2.75, 3.05) is 31.1 Å². The van der Waals surface area contributed by atoms with E-state index in [9.17, 15) is 14.9 Å². The Labute approximate surface area is 180 Å². The zero-order valence-electron chi connectivity index (χ0n) is 17.0. The molecule has 1 fully saturated rings. The number of ether oxygens (including phenoxy) is 1. The van der Waals surface area contributed by atoms with Crippen LogP contribution in [0.5, 0.6) is 5.75 Å². The Hall–Kier alpha value is -3.87. The summed E-state index contributed by atoms with van der Waals surface area (Å²) in [6.45, 7) is 3.05. The van der Waals surface area contributed by atoms with Gasteiger partial charge in [-0.2, -0.15) is 0 Å². The summed E-state index contributed by atoms with van der Waals surface area (Å²) in [4.78, 5) is 27.2. The minimum Gasteiger partial charge on any atom is -0.489 e. The lowest BCUT2D eigenvalue weighted by Gasteiger charge is -2.36. The van der Waals surface area contributed by atoms with Gasteiger partial charge < -0.3 is 14.5 Å². The molecule has 0 unspecified atom stereocenters. The van der Waals surface area contributed by atoms with Crippen molar-refractivity contribution in [3.8, 4) is 5.75 Å². The highest BCUT2D eigenvalue weighted by Gasteiger charge is 2.22. The molecule has 0 N–H and O–H groups in total. The first kappa shape index (κ1) is 20.4. The first-order chi connectivity index (χ1) is 15.1. The van der Waals surface area contributed by atoms with Crippen LogP contribution in [0.4, 0.5) is 11.4 Å². The maximum atomic E-state index is 12.8. The fourth-order valence-electron chi connectivity index (χ4n) is 3.57. The molecule has 3 aromatic rings. The normalized spacial score (nSPS) is 13.7. The third kappa shape index (κ3) is 5.01. The third-order valence-corrected chi connectivity index (χ3v) is 5.34. The van der Waals surface area contributed by atoms with Crippen LogP contribution in [0.2, 0.25) is 0 Å². The molecule has 4 rings (SSSR count). The van der Waals surface area contributed by atoms with Crippen LogP contribution in [0.15, 0.2) is 78.9 Å². The molecule has 0 atom stereocenters. The molecular weight excluding hydrogens is 394 g/mol. The number of amides is 1. The van der Waals surface area contributed by atoms with Gasteiger partial charge in [-0.05, 0) is 42.0 Å². The van der Waals surface area contributed by atoms with Crippen LogP contribution in [0, 0.1) is 10.1 Å². The standard InChI is InChI=1S/C24H23N3O4/c28-24(20-6-12-23(13-7-20)31-18-19-4-2-1-3-5-19)26-16-14-25(15-17-26)21-8-10-22(11-9-21)27(29)30/h1-13H,14-18H2. The van der Waals surface area contributed by atoms with Crippen LogP contribution in [0.3, 0.4) is 0 Å². The molecule has 31 heavy (non-hydrogen) atoms. The number of hydrogen-bond donors (Lipinski definition) is 0. The molecule has 1 heterocycles. The predicted molar refractivity (Wildman–Crippen MR) is 118 cm³/mol. The van der Waals surface area contributed by atoms with E-state index < -0.39 is 4.92 Å².